The maximum Gasteiger partial charge on any atom is 0.270 e. The highest BCUT2D eigenvalue weighted by atomic mass is 16.6. The minimum absolute atomic E-state index is 0.00706. The van der Waals surface area contributed by atoms with Crippen LogP contribution in [-0.4, -0.2) is 42.0 Å². The molecule has 2 rings (SSSR count). The maximum absolute atomic E-state index is 12.4. The largest absolute Gasteiger partial charge is 0.398 e. The quantitative estimate of drug-likeness (QED) is 0.512. The van der Waals surface area contributed by atoms with E-state index in [1.807, 2.05) is 0 Å². The first-order valence-corrected chi connectivity index (χ1v) is 6.39. The van der Waals surface area contributed by atoms with Gasteiger partial charge in [0.15, 0.2) is 0 Å². The molecule has 0 bridgehead atoms. The molecule has 0 radical (unpaired) electrons. The van der Waals surface area contributed by atoms with E-state index in [2.05, 4.69) is 0 Å². The van der Waals surface area contributed by atoms with Crippen LogP contribution in [0.25, 0.3) is 0 Å². The van der Waals surface area contributed by atoms with E-state index < -0.39 is 4.92 Å². The molecule has 1 amide bonds. The predicted octanol–water partition coefficient (Wildman–Crippen LogP) is 1.43. The second-order valence-electron chi connectivity index (χ2n) is 4.78. The van der Waals surface area contributed by atoms with Crippen molar-refractivity contribution in [3.8, 4) is 0 Å². The van der Waals surface area contributed by atoms with Gasteiger partial charge in [-0.1, -0.05) is 0 Å². The summed E-state index contributed by atoms with van der Waals surface area (Å²) in [5, 5.41) is 10.8. The fourth-order valence-corrected chi connectivity index (χ4v) is 2.33. The molecule has 0 spiro atoms. The molecule has 0 aromatic heterocycles. The molecule has 1 heterocycles. The van der Waals surface area contributed by atoms with Gasteiger partial charge < -0.3 is 15.4 Å². The maximum atomic E-state index is 12.4. The summed E-state index contributed by atoms with van der Waals surface area (Å²) in [6, 6.07) is 3.91. The monoisotopic (exact) mass is 279 g/mol. The second kappa shape index (κ2) is 5.87. The molecule has 0 aliphatic carbocycles. The number of piperidine rings is 1. The van der Waals surface area contributed by atoms with Gasteiger partial charge in [-0.3, -0.25) is 14.9 Å². The van der Waals surface area contributed by atoms with Gasteiger partial charge in [-0.2, -0.15) is 0 Å². The normalized spacial score (nSPS) is 18.9. The first kappa shape index (κ1) is 14.3. The summed E-state index contributed by atoms with van der Waals surface area (Å²) in [5.41, 5.74) is 6.05. The number of nitrogens with two attached hydrogens (primary N) is 1. The van der Waals surface area contributed by atoms with Crippen molar-refractivity contribution in [2.45, 2.75) is 18.9 Å². The molecular weight excluding hydrogens is 262 g/mol. The minimum Gasteiger partial charge on any atom is -0.398 e. The van der Waals surface area contributed by atoms with Crippen LogP contribution in [0.3, 0.4) is 0 Å². The molecule has 2 N–H and O–H groups in total. The second-order valence-corrected chi connectivity index (χ2v) is 4.78. The molecule has 1 saturated heterocycles. The van der Waals surface area contributed by atoms with Crippen LogP contribution in [0.15, 0.2) is 18.2 Å². The lowest BCUT2D eigenvalue weighted by atomic mass is 10.1. The Bertz CT molecular complexity index is 532. The zero-order valence-electron chi connectivity index (χ0n) is 11.2. The fourth-order valence-electron chi connectivity index (χ4n) is 2.33. The molecule has 1 atom stereocenters. The smallest absolute Gasteiger partial charge is 0.270 e. The van der Waals surface area contributed by atoms with Crippen LogP contribution in [-0.2, 0) is 4.74 Å². The number of likely N-dealkylation sites (tertiary alicyclic amines) is 1. The van der Waals surface area contributed by atoms with Crippen molar-refractivity contribution in [3.63, 3.8) is 0 Å². The van der Waals surface area contributed by atoms with Gasteiger partial charge in [0.05, 0.1) is 16.6 Å². The van der Waals surface area contributed by atoms with Crippen LogP contribution in [0, 0.1) is 10.1 Å². The van der Waals surface area contributed by atoms with Gasteiger partial charge in [0, 0.05) is 38.0 Å². The van der Waals surface area contributed by atoms with Crippen LogP contribution in [0.4, 0.5) is 11.4 Å². The number of nitro groups is 1. The van der Waals surface area contributed by atoms with Crippen LogP contribution in [0.5, 0.6) is 0 Å². The van der Waals surface area contributed by atoms with Gasteiger partial charge in [0.2, 0.25) is 0 Å². The Kier molecular flexibility index (Phi) is 4.19. The summed E-state index contributed by atoms with van der Waals surface area (Å²) in [4.78, 5) is 24.3. The number of nitrogens with zero attached hydrogens (tertiary/aromatic N) is 2. The molecule has 7 nitrogen and oxygen atoms in total. The zero-order chi connectivity index (χ0) is 14.7. The van der Waals surface area contributed by atoms with Crippen molar-refractivity contribution in [1.82, 2.24) is 4.90 Å². The van der Waals surface area contributed by atoms with Gasteiger partial charge in [0.1, 0.15) is 0 Å². The van der Waals surface area contributed by atoms with Crippen molar-refractivity contribution in [3.05, 3.63) is 33.9 Å². The summed E-state index contributed by atoms with van der Waals surface area (Å²) in [6.45, 7) is 1.10. The molecule has 108 valence electrons. The predicted molar refractivity (Wildman–Crippen MR) is 73.4 cm³/mol. The lowest BCUT2D eigenvalue weighted by Gasteiger charge is -2.32. The highest BCUT2D eigenvalue weighted by molar-refractivity contribution is 5.99. The van der Waals surface area contributed by atoms with Gasteiger partial charge in [-0.25, -0.2) is 0 Å². The topological polar surface area (TPSA) is 98.7 Å². The van der Waals surface area contributed by atoms with Gasteiger partial charge >= 0.3 is 0 Å². The number of anilines is 1. The number of ether oxygens (including phenoxy) is 1. The summed E-state index contributed by atoms with van der Waals surface area (Å²) in [5.74, 6) is -0.284. The summed E-state index contributed by atoms with van der Waals surface area (Å²) < 4.78 is 5.27. The Morgan fingerprint density at radius 1 is 1.55 bits per heavy atom. The summed E-state index contributed by atoms with van der Waals surface area (Å²) >= 11 is 0. The van der Waals surface area contributed by atoms with Crippen LogP contribution in [0.2, 0.25) is 0 Å². The molecule has 1 aliphatic heterocycles. The van der Waals surface area contributed by atoms with E-state index >= 15 is 0 Å². The molecule has 7 heteroatoms. The Labute approximate surface area is 116 Å². The molecule has 1 aromatic rings. The number of hydrogen-bond donors (Lipinski definition) is 1. The number of non-ortho nitro benzene ring substituents is 1. The molecule has 1 aromatic carbocycles. The Morgan fingerprint density at radius 3 is 2.95 bits per heavy atom. The Hall–Kier alpha value is -2.15. The number of methoxy groups -OCH3 is 1. The van der Waals surface area contributed by atoms with E-state index in [0.29, 0.717) is 13.1 Å². The van der Waals surface area contributed by atoms with Gasteiger partial charge in [-0.15, -0.1) is 0 Å². The number of nitro benzene ring substituents is 1. The average molecular weight is 279 g/mol. The highest BCUT2D eigenvalue weighted by Crippen LogP contribution is 2.23. The lowest BCUT2D eigenvalue weighted by molar-refractivity contribution is -0.384. The third-order valence-electron chi connectivity index (χ3n) is 3.48. The van der Waals surface area contributed by atoms with E-state index in [0.717, 1.165) is 12.8 Å². The lowest BCUT2D eigenvalue weighted by Crippen LogP contribution is -2.43. The van der Waals surface area contributed by atoms with Crippen molar-refractivity contribution in [2.24, 2.45) is 0 Å². The summed E-state index contributed by atoms with van der Waals surface area (Å²) in [6.07, 6.45) is 1.76. The van der Waals surface area contributed by atoms with E-state index in [1.54, 1.807) is 12.0 Å². The number of amides is 1. The molecule has 1 unspecified atom stereocenters. The molecule has 1 fully saturated rings. The minimum atomic E-state index is -0.537. The number of nitrogen functional groups attached to an aromatic ring is 1. The van der Waals surface area contributed by atoms with Crippen molar-refractivity contribution < 1.29 is 14.5 Å². The standard InChI is InChI=1S/C13H17N3O4/c1-20-10-3-2-6-15(8-10)13(17)11-7-9(16(18)19)4-5-12(11)14/h4-5,7,10H,2-3,6,8,14H2,1H3. The van der Waals surface area contributed by atoms with Gasteiger partial charge in [0.25, 0.3) is 11.6 Å². The Balaban J connectivity index is 2.24. The number of benzene rings is 1. The third kappa shape index (κ3) is 2.88. The first-order chi connectivity index (χ1) is 9.52. The van der Waals surface area contributed by atoms with E-state index in [4.69, 9.17) is 10.5 Å². The zero-order valence-corrected chi connectivity index (χ0v) is 11.2. The average Bonchev–Trinajstić information content (AvgIpc) is 2.46. The molecule has 1 aliphatic rings. The Morgan fingerprint density at radius 2 is 2.30 bits per heavy atom. The molecular formula is C13H17N3O4. The number of rotatable bonds is 3. The van der Waals surface area contributed by atoms with Crippen molar-refractivity contribution >= 4 is 17.3 Å². The molecule has 20 heavy (non-hydrogen) atoms. The van der Waals surface area contributed by atoms with Gasteiger partial charge in [-0.05, 0) is 18.9 Å². The van der Waals surface area contributed by atoms with Crippen LogP contribution >= 0.6 is 0 Å². The number of carbonyl (C=O) groups is 1. The highest BCUT2D eigenvalue weighted by Gasteiger charge is 2.26. The van der Waals surface area contributed by atoms with Crippen molar-refractivity contribution in [1.29, 1.82) is 0 Å². The van der Waals surface area contributed by atoms with E-state index in [1.165, 1.54) is 18.2 Å². The van der Waals surface area contributed by atoms with Crippen LogP contribution < -0.4 is 5.73 Å². The third-order valence-corrected chi connectivity index (χ3v) is 3.48. The van der Waals surface area contributed by atoms with Crippen LogP contribution in [0.1, 0.15) is 23.2 Å². The van der Waals surface area contributed by atoms with E-state index in [9.17, 15) is 14.9 Å². The first-order valence-electron chi connectivity index (χ1n) is 6.39. The van der Waals surface area contributed by atoms with Crippen molar-refractivity contribution in [2.75, 3.05) is 25.9 Å². The SMILES string of the molecule is COC1CCCN(C(=O)c2cc([N+](=O)[O-])ccc2N)C1. The number of hydrogen-bond acceptors (Lipinski definition) is 5. The van der Waals surface area contributed by atoms with E-state index in [-0.39, 0.29) is 28.9 Å². The molecule has 0 saturated carbocycles. The number of carbonyl (C=O) groups excluding carboxylic acids is 1. The summed E-state index contributed by atoms with van der Waals surface area (Å²) in [7, 11) is 1.61. The fraction of sp³-hybridized carbons (Fsp3) is 0.462.